The summed E-state index contributed by atoms with van der Waals surface area (Å²) in [5, 5.41) is 3.39. The topological polar surface area (TPSA) is 50.2 Å². The molecule has 1 atom stereocenters. The van der Waals surface area contributed by atoms with Crippen molar-refractivity contribution in [2.45, 2.75) is 25.4 Å². The molecule has 1 unspecified atom stereocenters. The van der Waals surface area contributed by atoms with Crippen molar-refractivity contribution in [1.82, 2.24) is 19.8 Å². The molecule has 0 radical (unpaired) electrons. The van der Waals surface area contributed by atoms with E-state index in [0.717, 1.165) is 48.2 Å². The number of aromatic nitrogens is 2. The highest BCUT2D eigenvalue weighted by Crippen LogP contribution is 2.30. The fourth-order valence-corrected chi connectivity index (χ4v) is 4.18. The number of rotatable bonds is 3. The van der Waals surface area contributed by atoms with Gasteiger partial charge in [0, 0.05) is 17.2 Å². The van der Waals surface area contributed by atoms with E-state index in [2.05, 4.69) is 26.2 Å². The number of hydrogen-bond acceptors (Lipinski definition) is 3. The minimum atomic E-state index is -0.310. The average molecular weight is 462 g/mol. The smallest absolute Gasteiger partial charge is 0.250 e. The van der Waals surface area contributed by atoms with Crippen LogP contribution in [0.15, 0.2) is 41.3 Å². The van der Waals surface area contributed by atoms with Gasteiger partial charge in [-0.3, -0.25) is 4.79 Å². The van der Waals surface area contributed by atoms with Crippen LogP contribution in [-0.4, -0.2) is 40.0 Å². The Morgan fingerprint density at radius 3 is 2.73 bits per heavy atom. The van der Waals surface area contributed by atoms with Gasteiger partial charge in [-0.25, -0.2) is 4.98 Å². The second-order valence-corrected chi connectivity index (χ2v) is 7.58. The third kappa shape index (κ3) is 4.25. The zero-order valence-electron chi connectivity index (χ0n) is 14.3. The van der Waals surface area contributed by atoms with E-state index in [0.29, 0.717) is 12.5 Å². The van der Waals surface area contributed by atoms with Crippen molar-refractivity contribution in [2.24, 2.45) is 5.92 Å². The van der Waals surface area contributed by atoms with Crippen molar-refractivity contribution in [1.29, 1.82) is 0 Å². The molecule has 1 aromatic heterocycles. The number of carbonyl (C=O) groups excluding carboxylic acids is 1. The van der Waals surface area contributed by atoms with Gasteiger partial charge in [0.15, 0.2) is 0 Å². The molecule has 0 spiro atoms. The van der Waals surface area contributed by atoms with Gasteiger partial charge in [-0.05, 0) is 49.5 Å². The Kier molecular flexibility index (Phi) is 7.52. The molecule has 1 N–H and O–H groups in total. The van der Waals surface area contributed by atoms with Gasteiger partial charge in [-0.2, -0.15) is 0 Å². The van der Waals surface area contributed by atoms with Gasteiger partial charge < -0.3 is 14.8 Å². The minimum Gasteiger partial charge on any atom is -0.334 e. The number of piperidine rings is 1. The third-order valence-corrected chi connectivity index (χ3v) is 5.52. The van der Waals surface area contributed by atoms with E-state index < -0.39 is 0 Å². The Bertz CT molecular complexity index is 748. The van der Waals surface area contributed by atoms with Gasteiger partial charge in [-0.15, -0.1) is 24.8 Å². The number of halogens is 3. The lowest BCUT2D eigenvalue weighted by atomic mass is 9.95. The lowest BCUT2D eigenvalue weighted by Crippen LogP contribution is -2.46. The largest absolute Gasteiger partial charge is 0.334 e. The van der Waals surface area contributed by atoms with Crippen molar-refractivity contribution in [3.63, 3.8) is 0 Å². The molecule has 8 heteroatoms. The number of nitrogens with zero attached hydrogens (tertiary/aromatic N) is 3. The van der Waals surface area contributed by atoms with E-state index in [9.17, 15) is 4.79 Å². The molecule has 1 amide bonds. The SMILES string of the molecule is Cl.Cl.O=C1C(c2cccc(Br)c2)n2cncc2CN1CC1CCNCC1. The van der Waals surface area contributed by atoms with Gasteiger partial charge >= 0.3 is 0 Å². The van der Waals surface area contributed by atoms with E-state index in [1.807, 2.05) is 39.9 Å². The summed E-state index contributed by atoms with van der Waals surface area (Å²) in [6.45, 7) is 3.61. The maximum absolute atomic E-state index is 13.2. The summed E-state index contributed by atoms with van der Waals surface area (Å²) in [5.74, 6) is 0.768. The van der Waals surface area contributed by atoms with Gasteiger partial charge in [0.1, 0.15) is 6.04 Å². The van der Waals surface area contributed by atoms with Crippen molar-refractivity contribution in [3.8, 4) is 0 Å². The molecule has 1 aromatic carbocycles. The summed E-state index contributed by atoms with van der Waals surface area (Å²) in [6, 6.07) is 7.70. The highest BCUT2D eigenvalue weighted by atomic mass is 79.9. The molecule has 3 heterocycles. The number of fused-ring (bicyclic) bond motifs is 1. The van der Waals surface area contributed by atoms with Gasteiger partial charge in [0.05, 0.1) is 18.6 Å². The molecule has 26 heavy (non-hydrogen) atoms. The predicted molar refractivity (Wildman–Crippen MR) is 110 cm³/mol. The van der Waals surface area contributed by atoms with Crippen molar-refractivity contribution in [3.05, 3.63) is 52.5 Å². The first-order valence-corrected chi connectivity index (χ1v) is 9.27. The van der Waals surface area contributed by atoms with E-state index >= 15 is 0 Å². The van der Waals surface area contributed by atoms with Gasteiger partial charge in [0.2, 0.25) is 0 Å². The average Bonchev–Trinajstić information content (AvgIpc) is 3.04. The maximum atomic E-state index is 13.2. The van der Waals surface area contributed by atoms with Crippen LogP contribution in [0.3, 0.4) is 0 Å². The minimum absolute atomic E-state index is 0. The fraction of sp³-hybridized carbons (Fsp3) is 0.444. The lowest BCUT2D eigenvalue weighted by molar-refractivity contribution is -0.136. The van der Waals surface area contributed by atoms with E-state index in [1.165, 1.54) is 0 Å². The predicted octanol–water partition coefficient (Wildman–Crippen LogP) is 3.42. The van der Waals surface area contributed by atoms with Crippen LogP contribution in [0, 0.1) is 5.92 Å². The Morgan fingerprint density at radius 1 is 1.23 bits per heavy atom. The van der Waals surface area contributed by atoms with E-state index in [4.69, 9.17) is 0 Å². The highest BCUT2D eigenvalue weighted by Gasteiger charge is 2.35. The molecule has 2 aromatic rings. The summed E-state index contributed by atoms with van der Waals surface area (Å²) >= 11 is 3.52. The first-order valence-electron chi connectivity index (χ1n) is 8.48. The first kappa shape index (κ1) is 21.2. The summed E-state index contributed by atoms with van der Waals surface area (Å²) in [5.41, 5.74) is 2.11. The van der Waals surface area contributed by atoms with Crippen LogP contribution in [0.5, 0.6) is 0 Å². The Labute approximate surface area is 174 Å². The van der Waals surface area contributed by atoms with Crippen LogP contribution in [0.4, 0.5) is 0 Å². The van der Waals surface area contributed by atoms with E-state index in [-0.39, 0.29) is 36.8 Å². The van der Waals surface area contributed by atoms with Crippen molar-refractivity contribution < 1.29 is 4.79 Å². The van der Waals surface area contributed by atoms with Crippen LogP contribution in [0.2, 0.25) is 0 Å². The van der Waals surface area contributed by atoms with Crippen molar-refractivity contribution >= 4 is 46.7 Å². The number of hydrogen-bond donors (Lipinski definition) is 1. The number of carbonyl (C=O) groups is 1. The van der Waals surface area contributed by atoms with Crippen LogP contribution in [-0.2, 0) is 11.3 Å². The third-order valence-electron chi connectivity index (χ3n) is 5.02. The molecule has 4 rings (SSSR count). The van der Waals surface area contributed by atoms with Crippen LogP contribution >= 0.6 is 40.7 Å². The van der Waals surface area contributed by atoms with Crippen LogP contribution in [0.1, 0.15) is 30.1 Å². The molecule has 1 saturated heterocycles. The number of nitrogens with one attached hydrogen (secondary N) is 1. The molecule has 2 aliphatic rings. The zero-order valence-corrected chi connectivity index (χ0v) is 17.5. The second-order valence-electron chi connectivity index (χ2n) is 6.66. The highest BCUT2D eigenvalue weighted by molar-refractivity contribution is 9.10. The summed E-state index contributed by atoms with van der Waals surface area (Å²) in [6.07, 6.45) is 5.95. The molecular formula is C18H23BrCl2N4O. The number of imidazole rings is 1. The van der Waals surface area contributed by atoms with E-state index in [1.54, 1.807) is 6.33 Å². The summed E-state index contributed by atoms with van der Waals surface area (Å²) < 4.78 is 3.01. The lowest BCUT2D eigenvalue weighted by Gasteiger charge is -2.37. The Balaban J connectivity index is 0.00000121. The normalized spacial score (nSPS) is 20.1. The molecule has 2 aliphatic heterocycles. The Hall–Kier alpha value is -1.08. The second kappa shape index (κ2) is 9.22. The van der Waals surface area contributed by atoms with Gasteiger partial charge in [-0.1, -0.05) is 28.1 Å². The summed E-state index contributed by atoms with van der Waals surface area (Å²) in [7, 11) is 0. The van der Waals surface area contributed by atoms with Crippen LogP contribution < -0.4 is 5.32 Å². The maximum Gasteiger partial charge on any atom is 0.250 e. The number of amides is 1. The monoisotopic (exact) mass is 460 g/mol. The van der Waals surface area contributed by atoms with Gasteiger partial charge in [0.25, 0.3) is 5.91 Å². The zero-order chi connectivity index (χ0) is 16.5. The quantitative estimate of drug-likeness (QED) is 0.761. The molecule has 1 fully saturated rings. The molecule has 0 aliphatic carbocycles. The standard InChI is InChI=1S/C18H21BrN4O.2ClH/c19-15-3-1-2-14(8-15)17-18(24)22(10-13-4-6-20-7-5-13)11-16-9-21-12-23(16)17;;/h1-3,8-9,12-13,17,20H,4-7,10-11H2;2*1H. The first-order chi connectivity index (χ1) is 11.7. The number of benzene rings is 1. The molecule has 142 valence electrons. The van der Waals surface area contributed by atoms with Crippen molar-refractivity contribution in [2.75, 3.05) is 19.6 Å². The Morgan fingerprint density at radius 2 is 2.00 bits per heavy atom. The fourth-order valence-electron chi connectivity index (χ4n) is 3.76. The summed E-state index contributed by atoms with van der Waals surface area (Å²) in [4.78, 5) is 19.5. The molecule has 5 nitrogen and oxygen atoms in total. The molecule has 0 saturated carbocycles. The molecular weight excluding hydrogens is 439 g/mol. The van der Waals surface area contributed by atoms with Crippen LogP contribution in [0.25, 0.3) is 0 Å². The molecule has 0 bridgehead atoms.